The highest BCUT2D eigenvalue weighted by molar-refractivity contribution is 5.79. The van der Waals surface area contributed by atoms with E-state index >= 15 is 0 Å². The van der Waals surface area contributed by atoms with Crippen LogP contribution in [0.1, 0.15) is 12.1 Å². The zero-order valence-corrected chi connectivity index (χ0v) is 9.22. The topological polar surface area (TPSA) is 76.3 Å². The third kappa shape index (κ3) is 4.08. The molecule has 0 aliphatic heterocycles. The van der Waals surface area contributed by atoms with E-state index in [2.05, 4.69) is 4.98 Å². The van der Waals surface area contributed by atoms with Crippen molar-refractivity contribution in [2.45, 2.75) is 12.8 Å². The molecule has 0 saturated heterocycles. The van der Waals surface area contributed by atoms with Crippen LogP contribution in [0.25, 0.3) is 0 Å². The van der Waals surface area contributed by atoms with Gasteiger partial charge in [-0.05, 0) is 12.1 Å². The second-order valence-corrected chi connectivity index (χ2v) is 3.53. The van der Waals surface area contributed by atoms with Crippen LogP contribution in [0, 0.1) is 0 Å². The Hall–Kier alpha value is -1.91. The summed E-state index contributed by atoms with van der Waals surface area (Å²) >= 11 is 0. The lowest BCUT2D eigenvalue weighted by Crippen LogP contribution is -2.31. The summed E-state index contributed by atoms with van der Waals surface area (Å²) in [4.78, 5) is 27.8. The summed E-state index contributed by atoms with van der Waals surface area (Å²) in [5, 5.41) is 0. The Morgan fingerprint density at radius 1 is 1.44 bits per heavy atom. The molecule has 0 radical (unpaired) electrons. The standard InChI is InChI=1S/C11H15N3O2/c1-14(7-5-10(12)15)11(16)8-9-4-2-3-6-13-9/h2-4,6H,5,7-8H2,1H3,(H2,12,15). The highest BCUT2D eigenvalue weighted by Crippen LogP contribution is 1.98. The quantitative estimate of drug-likeness (QED) is 0.757. The molecule has 2 N–H and O–H groups in total. The monoisotopic (exact) mass is 221 g/mol. The van der Waals surface area contributed by atoms with Crippen molar-refractivity contribution in [3.63, 3.8) is 0 Å². The molecule has 5 nitrogen and oxygen atoms in total. The summed E-state index contributed by atoms with van der Waals surface area (Å²) in [7, 11) is 1.65. The molecule has 0 fully saturated rings. The number of carbonyl (C=O) groups is 2. The number of nitrogens with two attached hydrogens (primary N) is 1. The lowest BCUT2D eigenvalue weighted by molar-refractivity contribution is -0.129. The number of hydrogen-bond acceptors (Lipinski definition) is 3. The van der Waals surface area contributed by atoms with Crippen LogP contribution in [0.15, 0.2) is 24.4 Å². The van der Waals surface area contributed by atoms with Gasteiger partial charge >= 0.3 is 0 Å². The normalized spacial score (nSPS) is 9.81. The van der Waals surface area contributed by atoms with E-state index in [1.807, 2.05) is 6.07 Å². The molecule has 1 heterocycles. The van der Waals surface area contributed by atoms with Crippen LogP contribution in [0.3, 0.4) is 0 Å². The first-order chi connectivity index (χ1) is 7.59. The highest BCUT2D eigenvalue weighted by atomic mass is 16.2. The number of rotatable bonds is 5. The Bertz CT molecular complexity index is 365. The van der Waals surface area contributed by atoms with Crippen LogP contribution < -0.4 is 5.73 Å². The van der Waals surface area contributed by atoms with E-state index < -0.39 is 5.91 Å². The fourth-order valence-corrected chi connectivity index (χ4v) is 1.20. The van der Waals surface area contributed by atoms with E-state index in [0.717, 1.165) is 5.69 Å². The van der Waals surface area contributed by atoms with Crippen molar-refractivity contribution >= 4 is 11.8 Å². The van der Waals surface area contributed by atoms with Gasteiger partial charge in [-0.1, -0.05) is 6.07 Å². The van der Waals surface area contributed by atoms with E-state index in [1.165, 1.54) is 4.90 Å². The van der Waals surface area contributed by atoms with Crippen molar-refractivity contribution in [1.29, 1.82) is 0 Å². The van der Waals surface area contributed by atoms with Crippen LogP contribution in [-0.2, 0) is 16.0 Å². The van der Waals surface area contributed by atoms with Gasteiger partial charge in [-0.15, -0.1) is 0 Å². The van der Waals surface area contributed by atoms with Gasteiger partial charge < -0.3 is 10.6 Å². The minimum absolute atomic E-state index is 0.0695. The first-order valence-electron chi connectivity index (χ1n) is 5.02. The third-order valence-corrected chi connectivity index (χ3v) is 2.18. The largest absolute Gasteiger partial charge is 0.370 e. The molecule has 1 aromatic heterocycles. The number of pyridine rings is 1. The summed E-state index contributed by atoms with van der Waals surface area (Å²) < 4.78 is 0. The van der Waals surface area contributed by atoms with E-state index in [1.54, 1.807) is 25.4 Å². The maximum Gasteiger partial charge on any atom is 0.228 e. The Labute approximate surface area is 94.3 Å². The van der Waals surface area contributed by atoms with Crippen molar-refractivity contribution in [3.05, 3.63) is 30.1 Å². The Kier molecular flexibility index (Phi) is 4.44. The predicted molar refractivity (Wildman–Crippen MR) is 59.4 cm³/mol. The van der Waals surface area contributed by atoms with E-state index in [4.69, 9.17) is 5.73 Å². The SMILES string of the molecule is CN(CCC(N)=O)C(=O)Cc1ccccn1. The zero-order chi connectivity index (χ0) is 12.0. The Balaban J connectivity index is 2.43. The van der Waals surface area contributed by atoms with Crippen molar-refractivity contribution in [2.24, 2.45) is 5.73 Å². The van der Waals surface area contributed by atoms with Gasteiger partial charge in [-0.3, -0.25) is 14.6 Å². The molecule has 86 valence electrons. The van der Waals surface area contributed by atoms with Gasteiger partial charge in [0.25, 0.3) is 0 Å². The number of amides is 2. The molecule has 0 bridgehead atoms. The summed E-state index contributed by atoms with van der Waals surface area (Å²) in [6.45, 7) is 0.348. The zero-order valence-electron chi connectivity index (χ0n) is 9.22. The third-order valence-electron chi connectivity index (χ3n) is 2.18. The van der Waals surface area contributed by atoms with Crippen molar-refractivity contribution in [3.8, 4) is 0 Å². The van der Waals surface area contributed by atoms with E-state index in [0.29, 0.717) is 6.54 Å². The molecule has 0 saturated carbocycles. The molecule has 0 atom stereocenters. The number of nitrogens with zero attached hydrogens (tertiary/aromatic N) is 2. The molecule has 1 aromatic rings. The van der Waals surface area contributed by atoms with Crippen LogP contribution >= 0.6 is 0 Å². The van der Waals surface area contributed by atoms with Gasteiger partial charge in [0.2, 0.25) is 11.8 Å². The minimum Gasteiger partial charge on any atom is -0.370 e. The Morgan fingerprint density at radius 2 is 2.19 bits per heavy atom. The van der Waals surface area contributed by atoms with E-state index in [9.17, 15) is 9.59 Å². The number of primary amides is 1. The van der Waals surface area contributed by atoms with Gasteiger partial charge in [0, 0.05) is 31.9 Å². The summed E-state index contributed by atoms with van der Waals surface area (Å²) in [5.41, 5.74) is 5.72. The molecule has 1 rings (SSSR count). The fourth-order valence-electron chi connectivity index (χ4n) is 1.20. The van der Waals surface area contributed by atoms with E-state index in [-0.39, 0.29) is 18.7 Å². The van der Waals surface area contributed by atoms with Gasteiger partial charge in [-0.2, -0.15) is 0 Å². The number of carbonyl (C=O) groups excluding carboxylic acids is 2. The lowest BCUT2D eigenvalue weighted by atomic mass is 10.2. The van der Waals surface area contributed by atoms with Gasteiger partial charge in [0.15, 0.2) is 0 Å². The van der Waals surface area contributed by atoms with Crippen LogP contribution in [0.4, 0.5) is 0 Å². The average molecular weight is 221 g/mol. The van der Waals surface area contributed by atoms with Gasteiger partial charge in [0.1, 0.15) is 0 Å². The molecule has 2 amide bonds. The molecule has 0 spiro atoms. The maximum absolute atomic E-state index is 11.7. The smallest absolute Gasteiger partial charge is 0.228 e. The predicted octanol–water partition coefficient (Wildman–Crippen LogP) is -0.0421. The molecule has 0 aliphatic carbocycles. The Morgan fingerprint density at radius 3 is 2.75 bits per heavy atom. The summed E-state index contributed by atoms with van der Waals surface area (Å²) in [6.07, 6.45) is 2.08. The van der Waals surface area contributed by atoms with Crippen LogP contribution in [0.5, 0.6) is 0 Å². The highest BCUT2D eigenvalue weighted by Gasteiger charge is 2.10. The lowest BCUT2D eigenvalue weighted by Gasteiger charge is -2.15. The van der Waals surface area contributed by atoms with Gasteiger partial charge in [-0.25, -0.2) is 0 Å². The molecule has 5 heteroatoms. The van der Waals surface area contributed by atoms with Crippen molar-refractivity contribution in [1.82, 2.24) is 9.88 Å². The molecule has 0 aliphatic rings. The summed E-state index contributed by atoms with van der Waals surface area (Å²) in [6, 6.07) is 5.42. The van der Waals surface area contributed by atoms with Crippen LogP contribution in [0.2, 0.25) is 0 Å². The molecule has 0 unspecified atom stereocenters. The summed E-state index contributed by atoms with van der Waals surface area (Å²) in [5.74, 6) is -0.475. The number of hydrogen-bond donors (Lipinski definition) is 1. The van der Waals surface area contributed by atoms with Crippen LogP contribution in [-0.4, -0.2) is 35.3 Å². The minimum atomic E-state index is -0.405. The average Bonchev–Trinajstić information content (AvgIpc) is 2.27. The molecule has 16 heavy (non-hydrogen) atoms. The molecular formula is C11H15N3O2. The molecule has 0 aromatic carbocycles. The number of likely N-dealkylation sites (N-methyl/N-ethyl adjacent to an activating group) is 1. The maximum atomic E-state index is 11.7. The van der Waals surface area contributed by atoms with Gasteiger partial charge in [0.05, 0.1) is 6.42 Å². The van der Waals surface area contributed by atoms with Crippen molar-refractivity contribution in [2.75, 3.05) is 13.6 Å². The molecular weight excluding hydrogens is 206 g/mol. The fraction of sp³-hybridized carbons (Fsp3) is 0.364. The van der Waals surface area contributed by atoms with Crippen molar-refractivity contribution < 1.29 is 9.59 Å². The first kappa shape index (κ1) is 12.2. The first-order valence-corrected chi connectivity index (χ1v) is 5.02. The second kappa shape index (κ2) is 5.85. The number of aromatic nitrogens is 1. The second-order valence-electron chi connectivity index (χ2n) is 3.53.